The average molecular weight is 314 g/mol. The summed E-state index contributed by atoms with van der Waals surface area (Å²) in [5, 5.41) is 0.360. The number of ether oxygens (including phenoxy) is 2. The van der Waals surface area contributed by atoms with Crippen LogP contribution in [0.3, 0.4) is 0 Å². The Bertz CT molecular complexity index is 592. The largest absolute Gasteiger partial charge is 0.454 e. The summed E-state index contributed by atoms with van der Waals surface area (Å²) in [7, 11) is 0. The lowest BCUT2D eigenvalue weighted by atomic mass is 10.1. The molecule has 0 saturated heterocycles. The van der Waals surface area contributed by atoms with E-state index in [1.807, 2.05) is 12.1 Å². The Morgan fingerprint density at radius 3 is 2.82 bits per heavy atom. The van der Waals surface area contributed by atoms with Crippen molar-refractivity contribution in [2.24, 2.45) is 0 Å². The van der Waals surface area contributed by atoms with Gasteiger partial charge in [0.15, 0.2) is 16.7 Å². The summed E-state index contributed by atoms with van der Waals surface area (Å²) in [5.41, 5.74) is 1.45. The van der Waals surface area contributed by atoms with Gasteiger partial charge in [-0.2, -0.15) is 0 Å². The van der Waals surface area contributed by atoms with Gasteiger partial charge in [0.25, 0.3) is 0 Å². The lowest BCUT2D eigenvalue weighted by molar-refractivity contribution is 0.173. The lowest BCUT2D eigenvalue weighted by Crippen LogP contribution is -1.93. The fourth-order valence-electron chi connectivity index (χ4n) is 1.62. The van der Waals surface area contributed by atoms with Crippen LogP contribution in [0.1, 0.15) is 0 Å². The Hall–Kier alpha value is -1.33. The van der Waals surface area contributed by atoms with Crippen LogP contribution in [0.4, 0.5) is 0 Å². The number of fused-ring (bicyclic) bond motifs is 1. The van der Waals surface area contributed by atoms with E-state index >= 15 is 0 Å². The van der Waals surface area contributed by atoms with Gasteiger partial charge in [-0.15, -0.1) is 0 Å². The van der Waals surface area contributed by atoms with Crippen LogP contribution in [0, 0.1) is 0 Å². The van der Waals surface area contributed by atoms with E-state index in [1.165, 1.54) is 0 Å². The predicted molar refractivity (Wildman–Crippen MR) is 66.3 cm³/mol. The average Bonchev–Trinajstić information content (AvgIpc) is 2.78. The van der Waals surface area contributed by atoms with Crippen molar-refractivity contribution >= 4 is 27.5 Å². The Balaban J connectivity index is 2.17. The molecule has 0 fully saturated rings. The van der Waals surface area contributed by atoms with Crippen molar-refractivity contribution in [1.82, 2.24) is 9.97 Å². The monoisotopic (exact) mass is 312 g/mol. The fraction of sp³-hybridized carbons (Fsp3) is 0.0909. The first-order valence-electron chi connectivity index (χ1n) is 4.82. The molecule has 17 heavy (non-hydrogen) atoms. The summed E-state index contributed by atoms with van der Waals surface area (Å²) >= 11 is 9.42. The van der Waals surface area contributed by atoms with Crippen LogP contribution < -0.4 is 9.47 Å². The van der Waals surface area contributed by atoms with Gasteiger partial charge in [0.2, 0.25) is 6.79 Å². The van der Waals surface area contributed by atoms with Gasteiger partial charge in [-0.05, 0) is 28.1 Å². The van der Waals surface area contributed by atoms with E-state index in [9.17, 15) is 0 Å². The van der Waals surface area contributed by atoms with Crippen molar-refractivity contribution in [2.75, 3.05) is 6.79 Å². The quantitative estimate of drug-likeness (QED) is 0.810. The van der Waals surface area contributed by atoms with Crippen LogP contribution >= 0.6 is 27.5 Å². The van der Waals surface area contributed by atoms with Crippen molar-refractivity contribution in [2.45, 2.75) is 0 Å². The second-order valence-electron chi connectivity index (χ2n) is 3.39. The molecule has 1 aromatic heterocycles. The van der Waals surface area contributed by atoms with Crippen LogP contribution in [-0.2, 0) is 0 Å². The van der Waals surface area contributed by atoms with Crippen molar-refractivity contribution in [3.8, 4) is 22.8 Å². The van der Waals surface area contributed by atoms with E-state index in [0.29, 0.717) is 22.3 Å². The van der Waals surface area contributed by atoms with Crippen LogP contribution in [0.2, 0.25) is 5.15 Å². The molecule has 86 valence electrons. The summed E-state index contributed by atoms with van der Waals surface area (Å²) in [6.45, 7) is 0.228. The van der Waals surface area contributed by atoms with Gasteiger partial charge >= 0.3 is 0 Å². The normalized spacial score (nSPS) is 12.8. The van der Waals surface area contributed by atoms with Gasteiger partial charge in [-0.3, -0.25) is 4.98 Å². The third kappa shape index (κ3) is 1.85. The molecular weight excluding hydrogens is 307 g/mol. The van der Waals surface area contributed by atoms with Crippen LogP contribution in [0.15, 0.2) is 29.0 Å². The summed E-state index contributed by atoms with van der Waals surface area (Å²) in [4.78, 5) is 8.20. The van der Waals surface area contributed by atoms with Gasteiger partial charge < -0.3 is 9.47 Å². The van der Waals surface area contributed by atoms with Crippen molar-refractivity contribution in [1.29, 1.82) is 0 Å². The highest BCUT2D eigenvalue weighted by atomic mass is 79.9. The molecule has 2 heterocycles. The third-order valence-electron chi connectivity index (χ3n) is 2.35. The SMILES string of the molecule is Clc1nccnc1-c1cc(Br)c2c(c1)OCO2. The minimum Gasteiger partial charge on any atom is -0.454 e. The molecular formula is C11H6BrClN2O2. The van der Waals surface area contributed by atoms with Crippen LogP contribution in [0.25, 0.3) is 11.3 Å². The van der Waals surface area contributed by atoms with E-state index < -0.39 is 0 Å². The molecule has 0 unspecified atom stereocenters. The molecule has 0 bridgehead atoms. The maximum Gasteiger partial charge on any atom is 0.231 e. The zero-order valence-electron chi connectivity index (χ0n) is 8.48. The van der Waals surface area contributed by atoms with Gasteiger partial charge in [0.05, 0.1) is 4.47 Å². The second-order valence-corrected chi connectivity index (χ2v) is 4.60. The summed E-state index contributed by atoms with van der Waals surface area (Å²) in [6, 6.07) is 3.71. The predicted octanol–water partition coefficient (Wildman–Crippen LogP) is 3.29. The number of benzene rings is 1. The smallest absolute Gasteiger partial charge is 0.231 e. The zero-order valence-corrected chi connectivity index (χ0v) is 10.8. The standard InChI is InChI=1S/C11H6BrClN2O2/c12-7-3-6(4-8-10(7)17-5-16-8)9-11(13)15-2-1-14-9/h1-4H,5H2. The van der Waals surface area contributed by atoms with Gasteiger partial charge in [0, 0.05) is 18.0 Å². The molecule has 0 amide bonds. The molecule has 0 spiro atoms. The van der Waals surface area contributed by atoms with Crippen LogP contribution in [0.5, 0.6) is 11.5 Å². The Morgan fingerprint density at radius 2 is 2.00 bits per heavy atom. The molecule has 1 aliphatic rings. The van der Waals surface area contributed by atoms with Gasteiger partial charge in [-0.25, -0.2) is 4.98 Å². The highest BCUT2D eigenvalue weighted by Gasteiger charge is 2.19. The first-order chi connectivity index (χ1) is 8.25. The van der Waals surface area contributed by atoms with E-state index in [1.54, 1.807) is 12.4 Å². The Kier molecular flexibility index (Phi) is 2.64. The molecule has 0 N–H and O–H groups in total. The molecule has 0 radical (unpaired) electrons. The molecule has 0 aliphatic carbocycles. The number of halogens is 2. The minimum absolute atomic E-state index is 0.228. The summed E-state index contributed by atoms with van der Waals surface area (Å²) in [6.07, 6.45) is 3.15. The maximum atomic E-state index is 6.00. The van der Waals surface area contributed by atoms with E-state index in [2.05, 4.69) is 25.9 Å². The number of nitrogens with zero attached hydrogens (tertiary/aromatic N) is 2. The molecule has 6 heteroatoms. The molecule has 1 aromatic carbocycles. The first-order valence-corrected chi connectivity index (χ1v) is 5.99. The molecule has 1 aliphatic heterocycles. The molecule has 0 saturated carbocycles. The van der Waals surface area contributed by atoms with Crippen molar-refractivity contribution in [3.63, 3.8) is 0 Å². The lowest BCUT2D eigenvalue weighted by Gasteiger charge is -2.05. The van der Waals surface area contributed by atoms with E-state index in [4.69, 9.17) is 21.1 Å². The maximum absolute atomic E-state index is 6.00. The number of hydrogen-bond acceptors (Lipinski definition) is 4. The van der Waals surface area contributed by atoms with Gasteiger partial charge in [-0.1, -0.05) is 11.6 Å². The highest BCUT2D eigenvalue weighted by molar-refractivity contribution is 9.10. The summed E-state index contributed by atoms with van der Waals surface area (Å²) < 4.78 is 11.5. The highest BCUT2D eigenvalue weighted by Crippen LogP contribution is 2.42. The molecule has 0 atom stereocenters. The number of aromatic nitrogens is 2. The Morgan fingerprint density at radius 1 is 1.18 bits per heavy atom. The van der Waals surface area contributed by atoms with E-state index in [-0.39, 0.29) is 6.79 Å². The fourth-order valence-corrected chi connectivity index (χ4v) is 2.39. The number of rotatable bonds is 1. The summed E-state index contributed by atoms with van der Waals surface area (Å²) in [5.74, 6) is 1.38. The van der Waals surface area contributed by atoms with Crippen molar-refractivity contribution in [3.05, 3.63) is 34.2 Å². The molecule has 2 aromatic rings. The van der Waals surface area contributed by atoms with E-state index in [0.717, 1.165) is 10.0 Å². The first kappa shape index (κ1) is 10.8. The van der Waals surface area contributed by atoms with Crippen LogP contribution in [-0.4, -0.2) is 16.8 Å². The molecule has 3 rings (SSSR count). The molecule has 4 nitrogen and oxygen atoms in total. The third-order valence-corrected chi connectivity index (χ3v) is 3.22. The second kappa shape index (κ2) is 4.16. The zero-order chi connectivity index (χ0) is 11.8. The van der Waals surface area contributed by atoms with Gasteiger partial charge in [0.1, 0.15) is 5.69 Å². The minimum atomic E-state index is 0.228. The van der Waals surface area contributed by atoms with Crippen molar-refractivity contribution < 1.29 is 9.47 Å². The number of hydrogen-bond donors (Lipinski definition) is 0. The Labute approximate surface area is 111 Å². The topological polar surface area (TPSA) is 44.2 Å².